The Morgan fingerprint density at radius 1 is 1.09 bits per heavy atom. The predicted octanol–water partition coefficient (Wildman–Crippen LogP) is 3.17. The van der Waals surface area contributed by atoms with Crippen LogP contribution < -0.4 is 10.5 Å². The van der Waals surface area contributed by atoms with E-state index in [1.165, 1.54) is 0 Å². The van der Waals surface area contributed by atoms with Crippen LogP contribution in [0.1, 0.15) is 20.9 Å². The number of nitrogens with zero attached hydrogens (tertiary/aromatic N) is 5. The lowest BCUT2D eigenvalue weighted by Gasteiger charge is -2.35. The highest BCUT2D eigenvalue weighted by Gasteiger charge is 2.25. The number of thiophene rings is 1. The Hall–Kier alpha value is -3.52. The molecule has 0 aliphatic carbocycles. The van der Waals surface area contributed by atoms with Gasteiger partial charge in [0.2, 0.25) is 0 Å². The van der Waals surface area contributed by atoms with Gasteiger partial charge in [-0.1, -0.05) is 12.1 Å². The quantitative estimate of drug-likeness (QED) is 0.483. The molecule has 5 heterocycles. The molecule has 0 saturated carbocycles. The second-order valence-electron chi connectivity index (χ2n) is 7.85. The maximum atomic E-state index is 13.3. The molecule has 1 amide bonds. The number of aromatic nitrogens is 3. The zero-order valence-electron chi connectivity index (χ0n) is 17.8. The summed E-state index contributed by atoms with van der Waals surface area (Å²) >= 11 is 1.62. The van der Waals surface area contributed by atoms with Gasteiger partial charge in [-0.05, 0) is 42.6 Å². The van der Waals surface area contributed by atoms with Gasteiger partial charge in [-0.15, -0.1) is 11.3 Å². The van der Waals surface area contributed by atoms with Crippen LogP contribution in [0.2, 0.25) is 0 Å². The van der Waals surface area contributed by atoms with Crippen molar-refractivity contribution in [2.24, 2.45) is 0 Å². The molecule has 0 N–H and O–H groups in total. The van der Waals surface area contributed by atoms with Crippen molar-refractivity contribution in [2.45, 2.75) is 13.5 Å². The Morgan fingerprint density at radius 3 is 2.66 bits per heavy atom. The van der Waals surface area contributed by atoms with E-state index >= 15 is 0 Å². The predicted molar refractivity (Wildman–Crippen MR) is 127 cm³/mol. The first-order chi connectivity index (χ1) is 15.6. The third kappa shape index (κ3) is 3.89. The van der Waals surface area contributed by atoms with Crippen molar-refractivity contribution >= 4 is 34.0 Å². The van der Waals surface area contributed by atoms with Crippen LogP contribution in [0.15, 0.2) is 65.0 Å². The van der Waals surface area contributed by atoms with Crippen molar-refractivity contribution in [3.8, 4) is 0 Å². The van der Waals surface area contributed by atoms with Gasteiger partial charge in [0.05, 0.1) is 28.7 Å². The van der Waals surface area contributed by atoms with E-state index in [4.69, 9.17) is 0 Å². The molecule has 0 atom stereocenters. The second kappa shape index (κ2) is 8.55. The Bertz CT molecular complexity index is 1310. The zero-order valence-corrected chi connectivity index (χ0v) is 18.6. The molecule has 0 bridgehead atoms. The maximum absolute atomic E-state index is 13.3. The van der Waals surface area contributed by atoms with Crippen molar-refractivity contribution in [3.63, 3.8) is 0 Å². The molecule has 1 aliphatic rings. The molecule has 0 aromatic carbocycles. The second-order valence-corrected chi connectivity index (χ2v) is 8.88. The van der Waals surface area contributed by atoms with Crippen molar-refractivity contribution in [2.75, 3.05) is 31.1 Å². The summed E-state index contributed by atoms with van der Waals surface area (Å²) in [7, 11) is 0. The number of carbonyl (C=O) groups excluding carboxylic acids is 1. The van der Waals surface area contributed by atoms with Crippen LogP contribution in [0.4, 0.5) is 5.82 Å². The molecular formula is C24H23N5O2S. The normalized spacial score (nSPS) is 14.2. The number of carbonyl (C=O) groups is 1. The molecular weight excluding hydrogens is 422 g/mol. The minimum Gasteiger partial charge on any atom is -0.353 e. The van der Waals surface area contributed by atoms with Crippen molar-refractivity contribution in [3.05, 3.63) is 86.7 Å². The van der Waals surface area contributed by atoms with Crippen LogP contribution >= 0.6 is 11.3 Å². The van der Waals surface area contributed by atoms with E-state index in [1.807, 2.05) is 53.6 Å². The van der Waals surface area contributed by atoms with Gasteiger partial charge in [0.25, 0.3) is 11.5 Å². The summed E-state index contributed by atoms with van der Waals surface area (Å²) < 4.78 is 1.67. The van der Waals surface area contributed by atoms with Crippen LogP contribution in [-0.2, 0) is 6.54 Å². The molecule has 0 unspecified atom stereocenters. The van der Waals surface area contributed by atoms with E-state index in [2.05, 4.69) is 14.9 Å². The number of amides is 1. The molecule has 5 rings (SSSR count). The van der Waals surface area contributed by atoms with E-state index in [-0.39, 0.29) is 11.5 Å². The molecule has 32 heavy (non-hydrogen) atoms. The fourth-order valence-electron chi connectivity index (χ4n) is 4.07. The summed E-state index contributed by atoms with van der Waals surface area (Å²) in [5.74, 6) is 0.847. The van der Waals surface area contributed by atoms with Crippen LogP contribution in [0.3, 0.4) is 0 Å². The number of hydrogen-bond donors (Lipinski definition) is 0. The Balaban J connectivity index is 1.39. The smallest absolute Gasteiger partial charge is 0.260 e. The third-order valence-electron chi connectivity index (χ3n) is 5.82. The standard InChI is InChI=1S/C24H23N5O2S/c1-17-19(23(30)28-12-10-27(11-13-28)22-6-2-3-8-25-22)15-20-21(26-17)7-9-29(24(20)31)16-18-5-4-14-32-18/h2-9,14-15H,10-13,16H2,1H3. The highest BCUT2D eigenvalue weighted by molar-refractivity contribution is 7.09. The van der Waals surface area contributed by atoms with Gasteiger partial charge >= 0.3 is 0 Å². The first-order valence-corrected chi connectivity index (χ1v) is 11.5. The van der Waals surface area contributed by atoms with E-state index < -0.39 is 0 Å². The number of fused-ring (bicyclic) bond motifs is 1. The minimum atomic E-state index is -0.127. The summed E-state index contributed by atoms with van der Waals surface area (Å²) in [6.07, 6.45) is 3.55. The Labute approximate surface area is 189 Å². The van der Waals surface area contributed by atoms with Gasteiger partial charge in [0.1, 0.15) is 5.82 Å². The molecule has 0 radical (unpaired) electrons. The summed E-state index contributed by atoms with van der Waals surface area (Å²) in [4.78, 5) is 40.5. The molecule has 162 valence electrons. The molecule has 8 heteroatoms. The first kappa shape index (κ1) is 20.4. The molecule has 4 aromatic rings. The zero-order chi connectivity index (χ0) is 22.1. The average molecular weight is 446 g/mol. The Morgan fingerprint density at radius 2 is 1.94 bits per heavy atom. The summed E-state index contributed by atoms with van der Waals surface area (Å²) in [6.45, 7) is 4.98. The highest BCUT2D eigenvalue weighted by atomic mass is 32.1. The van der Waals surface area contributed by atoms with Gasteiger partial charge in [0, 0.05) is 43.4 Å². The van der Waals surface area contributed by atoms with E-state index in [1.54, 1.807) is 34.4 Å². The van der Waals surface area contributed by atoms with Gasteiger partial charge in [-0.25, -0.2) is 4.98 Å². The molecule has 4 aromatic heterocycles. The number of rotatable bonds is 4. The largest absolute Gasteiger partial charge is 0.353 e. The lowest BCUT2D eigenvalue weighted by molar-refractivity contribution is 0.0745. The topological polar surface area (TPSA) is 71.3 Å². The van der Waals surface area contributed by atoms with E-state index in [0.29, 0.717) is 41.8 Å². The molecule has 1 fully saturated rings. The van der Waals surface area contributed by atoms with Crippen LogP contribution in [-0.4, -0.2) is 51.5 Å². The Kier molecular flexibility index (Phi) is 5.45. The number of piperazine rings is 1. The van der Waals surface area contributed by atoms with Gasteiger partial charge in [0.15, 0.2) is 0 Å². The van der Waals surface area contributed by atoms with Crippen molar-refractivity contribution < 1.29 is 4.79 Å². The van der Waals surface area contributed by atoms with Crippen molar-refractivity contribution in [1.29, 1.82) is 0 Å². The highest BCUT2D eigenvalue weighted by Crippen LogP contribution is 2.19. The fraction of sp³-hybridized carbons (Fsp3) is 0.250. The minimum absolute atomic E-state index is 0.0781. The number of pyridine rings is 3. The van der Waals surface area contributed by atoms with Crippen molar-refractivity contribution in [1.82, 2.24) is 19.4 Å². The number of hydrogen-bond acceptors (Lipinski definition) is 6. The lowest BCUT2D eigenvalue weighted by Crippen LogP contribution is -2.49. The van der Waals surface area contributed by atoms with E-state index in [9.17, 15) is 9.59 Å². The fourth-order valence-corrected chi connectivity index (χ4v) is 4.77. The van der Waals surface area contributed by atoms with Crippen LogP contribution in [0.25, 0.3) is 10.9 Å². The summed E-state index contributed by atoms with van der Waals surface area (Å²) in [6, 6.07) is 13.4. The first-order valence-electron chi connectivity index (χ1n) is 10.6. The number of aryl methyl sites for hydroxylation is 1. The van der Waals surface area contributed by atoms with Gasteiger partial charge < -0.3 is 14.4 Å². The third-order valence-corrected chi connectivity index (χ3v) is 6.68. The molecule has 0 spiro atoms. The molecule has 1 aliphatic heterocycles. The lowest BCUT2D eigenvalue weighted by atomic mass is 10.1. The number of anilines is 1. The molecule has 7 nitrogen and oxygen atoms in total. The summed E-state index contributed by atoms with van der Waals surface area (Å²) in [5, 5.41) is 2.47. The van der Waals surface area contributed by atoms with Crippen LogP contribution in [0, 0.1) is 6.92 Å². The maximum Gasteiger partial charge on any atom is 0.260 e. The summed E-state index contributed by atoms with van der Waals surface area (Å²) in [5.41, 5.74) is 1.63. The van der Waals surface area contributed by atoms with Gasteiger partial charge in [-0.3, -0.25) is 14.6 Å². The monoisotopic (exact) mass is 445 g/mol. The van der Waals surface area contributed by atoms with E-state index in [0.717, 1.165) is 23.8 Å². The molecule has 1 saturated heterocycles. The average Bonchev–Trinajstić information content (AvgIpc) is 3.34. The van der Waals surface area contributed by atoms with Crippen LogP contribution in [0.5, 0.6) is 0 Å². The van der Waals surface area contributed by atoms with Gasteiger partial charge in [-0.2, -0.15) is 0 Å². The SMILES string of the molecule is Cc1nc2ccn(Cc3cccs3)c(=O)c2cc1C(=O)N1CCN(c2ccccn2)CC1.